The lowest BCUT2D eigenvalue weighted by atomic mass is 10.0. The van der Waals surface area contributed by atoms with E-state index in [0.717, 1.165) is 0 Å². The van der Waals surface area contributed by atoms with Crippen LogP contribution >= 0.6 is 0 Å². The average Bonchev–Trinajstić information content (AvgIpc) is 2.62. The average molecular weight is 360 g/mol. The van der Waals surface area contributed by atoms with Crippen LogP contribution in [0.3, 0.4) is 0 Å². The Bertz CT molecular complexity index is 700. The van der Waals surface area contributed by atoms with Crippen molar-refractivity contribution in [1.29, 1.82) is 0 Å². The van der Waals surface area contributed by atoms with Crippen LogP contribution in [0.5, 0.6) is 0 Å². The summed E-state index contributed by atoms with van der Waals surface area (Å²) in [6.07, 6.45) is 3.05. The molecule has 0 aromatic heterocycles. The van der Waals surface area contributed by atoms with Crippen LogP contribution in [0.2, 0.25) is 0 Å². The molecule has 0 aliphatic carbocycles. The highest BCUT2D eigenvalue weighted by atomic mass is 16.6. The number of ether oxygens (including phenoxy) is 2. The first kappa shape index (κ1) is 19.3. The minimum absolute atomic E-state index is 0.0435. The smallest absolute Gasteiger partial charge is 0.329 e. The third kappa shape index (κ3) is 4.54. The molecule has 1 aliphatic rings. The standard InChI is InChI=1S/C18H20N2O6/c1-3-5-15(19-16(21)11-17(19)25-10-4-2)18(22)26-12-13-6-8-14(9-7-13)20(23)24/h3-4,6-9,15,17H,1-2,5,10-12H2. The summed E-state index contributed by atoms with van der Waals surface area (Å²) in [5.41, 5.74) is 0.564. The zero-order chi connectivity index (χ0) is 19.1. The molecule has 0 radical (unpaired) electrons. The van der Waals surface area contributed by atoms with Crippen molar-refractivity contribution in [2.45, 2.75) is 31.7 Å². The molecule has 2 rings (SSSR count). The largest absolute Gasteiger partial charge is 0.459 e. The van der Waals surface area contributed by atoms with Crippen LogP contribution in [0.15, 0.2) is 49.6 Å². The van der Waals surface area contributed by atoms with Crippen molar-refractivity contribution in [3.63, 3.8) is 0 Å². The van der Waals surface area contributed by atoms with E-state index in [2.05, 4.69) is 13.2 Å². The maximum absolute atomic E-state index is 12.4. The normalized spacial score (nSPS) is 17.2. The summed E-state index contributed by atoms with van der Waals surface area (Å²) in [6.45, 7) is 7.39. The number of carbonyl (C=O) groups excluding carboxylic acids is 2. The van der Waals surface area contributed by atoms with Crippen LogP contribution in [-0.4, -0.2) is 40.6 Å². The van der Waals surface area contributed by atoms with Gasteiger partial charge >= 0.3 is 5.97 Å². The Morgan fingerprint density at radius 2 is 2.04 bits per heavy atom. The molecule has 1 aliphatic heterocycles. The lowest BCUT2D eigenvalue weighted by Gasteiger charge is -2.43. The van der Waals surface area contributed by atoms with E-state index in [1.807, 2.05) is 0 Å². The summed E-state index contributed by atoms with van der Waals surface area (Å²) in [7, 11) is 0. The van der Waals surface area contributed by atoms with Crippen LogP contribution in [0.25, 0.3) is 0 Å². The fourth-order valence-corrected chi connectivity index (χ4v) is 2.54. The second-order valence-electron chi connectivity index (χ2n) is 5.65. The zero-order valence-electron chi connectivity index (χ0n) is 14.2. The van der Waals surface area contributed by atoms with E-state index in [1.54, 1.807) is 6.08 Å². The maximum Gasteiger partial charge on any atom is 0.329 e. The highest BCUT2D eigenvalue weighted by Crippen LogP contribution is 2.26. The van der Waals surface area contributed by atoms with E-state index >= 15 is 0 Å². The SMILES string of the molecule is C=CCOC1CC(=O)N1C(CC=C)C(=O)OCc1ccc([N+](=O)[O-])cc1. The Morgan fingerprint density at radius 3 is 2.58 bits per heavy atom. The molecular weight excluding hydrogens is 340 g/mol. The quantitative estimate of drug-likeness (QED) is 0.209. The number of likely N-dealkylation sites (tertiary alicyclic amines) is 1. The first-order valence-electron chi connectivity index (χ1n) is 8.02. The number of amides is 1. The topological polar surface area (TPSA) is 99.0 Å². The molecule has 1 amide bonds. The molecule has 8 nitrogen and oxygen atoms in total. The minimum Gasteiger partial charge on any atom is -0.459 e. The predicted molar refractivity (Wildman–Crippen MR) is 92.9 cm³/mol. The van der Waals surface area contributed by atoms with Crippen molar-refractivity contribution in [3.05, 3.63) is 65.3 Å². The van der Waals surface area contributed by atoms with Gasteiger partial charge in [0.05, 0.1) is 18.0 Å². The number of nitrogens with zero attached hydrogens (tertiary/aromatic N) is 2. The molecule has 0 spiro atoms. The number of hydrogen-bond acceptors (Lipinski definition) is 6. The van der Waals surface area contributed by atoms with Crippen LogP contribution in [0.4, 0.5) is 5.69 Å². The number of hydrogen-bond donors (Lipinski definition) is 0. The summed E-state index contributed by atoms with van der Waals surface area (Å²) in [5.74, 6) is -0.776. The van der Waals surface area contributed by atoms with E-state index in [4.69, 9.17) is 9.47 Å². The Morgan fingerprint density at radius 1 is 1.35 bits per heavy atom. The van der Waals surface area contributed by atoms with Crippen molar-refractivity contribution in [1.82, 2.24) is 4.90 Å². The summed E-state index contributed by atoms with van der Waals surface area (Å²) >= 11 is 0. The van der Waals surface area contributed by atoms with E-state index in [-0.39, 0.29) is 37.6 Å². The van der Waals surface area contributed by atoms with E-state index in [0.29, 0.717) is 5.56 Å². The lowest BCUT2D eigenvalue weighted by Crippen LogP contribution is -2.60. The van der Waals surface area contributed by atoms with Gasteiger partial charge in [-0.05, 0) is 24.1 Å². The number of carbonyl (C=O) groups is 2. The molecule has 26 heavy (non-hydrogen) atoms. The number of nitro benzene ring substituents is 1. The number of benzene rings is 1. The first-order chi connectivity index (χ1) is 12.5. The Labute approximate surface area is 150 Å². The molecule has 0 bridgehead atoms. The molecule has 1 saturated heterocycles. The van der Waals surface area contributed by atoms with Gasteiger partial charge in [0, 0.05) is 12.1 Å². The molecule has 1 aromatic carbocycles. The maximum atomic E-state index is 12.4. The van der Waals surface area contributed by atoms with Crippen molar-refractivity contribution in [3.8, 4) is 0 Å². The van der Waals surface area contributed by atoms with E-state index in [9.17, 15) is 19.7 Å². The van der Waals surface area contributed by atoms with Crippen molar-refractivity contribution in [2.24, 2.45) is 0 Å². The van der Waals surface area contributed by atoms with Crippen LogP contribution in [0.1, 0.15) is 18.4 Å². The van der Waals surface area contributed by atoms with Gasteiger partial charge in [-0.15, -0.1) is 13.2 Å². The molecule has 0 N–H and O–H groups in total. The molecule has 138 valence electrons. The fraction of sp³-hybridized carbons (Fsp3) is 0.333. The molecule has 1 fully saturated rings. The Balaban J connectivity index is 1.99. The van der Waals surface area contributed by atoms with Gasteiger partial charge in [-0.2, -0.15) is 0 Å². The summed E-state index contributed by atoms with van der Waals surface area (Å²) in [5, 5.41) is 10.6. The van der Waals surface area contributed by atoms with Crippen molar-refractivity contribution < 1.29 is 24.0 Å². The number of non-ortho nitro benzene ring substituents is 1. The van der Waals surface area contributed by atoms with E-state index < -0.39 is 23.2 Å². The summed E-state index contributed by atoms with van der Waals surface area (Å²) in [4.78, 5) is 35.8. The Kier molecular flexibility index (Phi) is 6.62. The second-order valence-corrected chi connectivity index (χ2v) is 5.65. The highest BCUT2D eigenvalue weighted by molar-refractivity contribution is 5.89. The molecule has 8 heteroatoms. The van der Waals surface area contributed by atoms with Gasteiger partial charge in [-0.1, -0.05) is 12.2 Å². The third-order valence-corrected chi connectivity index (χ3v) is 3.88. The predicted octanol–water partition coefficient (Wildman–Crippen LogP) is 2.34. The fourth-order valence-electron chi connectivity index (χ4n) is 2.54. The van der Waals surface area contributed by atoms with Crippen molar-refractivity contribution in [2.75, 3.05) is 6.61 Å². The number of β-lactam (4-membered cyclic amide) rings is 1. The third-order valence-electron chi connectivity index (χ3n) is 3.88. The van der Waals surface area contributed by atoms with Gasteiger partial charge in [0.15, 0.2) is 0 Å². The van der Waals surface area contributed by atoms with Gasteiger partial charge in [0.25, 0.3) is 5.69 Å². The molecule has 1 aromatic rings. The minimum atomic E-state index is -0.818. The van der Waals surface area contributed by atoms with Gasteiger partial charge in [-0.25, -0.2) is 4.79 Å². The lowest BCUT2D eigenvalue weighted by molar-refractivity contribution is -0.384. The van der Waals surface area contributed by atoms with Gasteiger partial charge < -0.3 is 14.4 Å². The van der Waals surface area contributed by atoms with E-state index in [1.165, 1.54) is 35.2 Å². The number of rotatable bonds is 10. The molecule has 2 unspecified atom stereocenters. The second kappa shape index (κ2) is 8.91. The van der Waals surface area contributed by atoms with Crippen LogP contribution in [0, 0.1) is 10.1 Å². The number of esters is 1. The van der Waals surface area contributed by atoms with Crippen LogP contribution < -0.4 is 0 Å². The zero-order valence-corrected chi connectivity index (χ0v) is 14.2. The molecule has 1 heterocycles. The summed E-state index contributed by atoms with van der Waals surface area (Å²) in [6, 6.07) is 4.88. The van der Waals surface area contributed by atoms with Gasteiger partial charge in [0.2, 0.25) is 5.91 Å². The van der Waals surface area contributed by atoms with Crippen LogP contribution in [-0.2, 0) is 25.7 Å². The number of nitro groups is 1. The van der Waals surface area contributed by atoms with Gasteiger partial charge in [0.1, 0.15) is 18.9 Å². The van der Waals surface area contributed by atoms with Gasteiger partial charge in [-0.3, -0.25) is 14.9 Å². The molecular formula is C18H20N2O6. The Hall–Kier alpha value is -3.00. The monoisotopic (exact) mass is 360 g/mol. The first-order valence-corrected chi connectivity index (χ1v) is 8.02. The molecule has 2 atom stereocenters. The molecule has 0 saturated carbocycles. The van der Waals surface area contributed by atoms with Crippen molar-refractivity contribution >= 4 is 17.6 Å². The summed E-state index contributed by atoms with van der Waals surface area (Å²) < 4.78 is 10.7. The highest BCUT2D eigenvalue weighted by Gasteiger charge is 2.44.